The molecule has 3 aromatic rings. The highest BCUT2D eigenvalue weighted by Gasteiger charge is 2.10. The van der Waals surface area contributed by atoms with Crippen LogP contribution in [0.3, 0.4) is 0 Å². The predicted molar refractivity (Wildman–Crippen MR) is 90.0 cm³/mol. The summed E-state index contributed by atoms with van der Waals surface area (Å²) in [6.07, 6.45) is 1.81. The van der Waals surface area contributed by atoms with Crippen molar-refractivity contribution in [3.8, 4) is 0 Å². The quantitative estimate of drug-likeness (QED) is 0.703. The van der Waals surface area contributed by atoms with Gasteiger partial charge in [-0.3, -0.25) is 4.98 Å². The van der Waals surface area contributed by atoms with Crippen molar-refractivity contribution < 1.29 is 0 Å². The van der Waals surface area contributed by atoms with Gasteiger partial charge in [0, 0.05) is 28.3 Å². The van der Waals surface area contributed by atoms with Crippen molar-refractivity contribution in [3.05, 3.63) is 70.9 Å². The van der Waals surface area contributed by atoms with E-state index in [9.17, 15) is 0 Å². The Bertz CT molecular complexity index is 783. The Morgan fingerprint density at radius 2 is 1.90 bits per heavy atom. The lowest BCUT2D eigenvalue weighted by molar-refractivity contribution is 0.876. The van der Waals surface area contributed by atoms with E-state index >= 15 is 0 Å². The summed E-state index contributed by atoms with van der Waals surface area (Å²) in [5, 5.41) is 5.37. The van der Waals surface area contributed by atoms with E-state index in [2.05, 4.69) is 48.4 Å². The maximum atomic E-state index is 6.03. The Hall–Kier alpha value is -2.06. The van der Waals surface area contributed by atoms with Crippen molar-refractivity contribution in [1.82, 2.24) is 4.98 Å². The lowest BCUT2D eigenvalue weighted by Gasteiger charge is -2.19. The summed E-state index contributed by atoms with van der Waals surface area (Å²) in [6, 6.07) is 16.5. The van der Waals surface area contributed by atoms with Crippen LogP contribution in [-0.4, -0.2) is 4.98 Å². The molecule has 0 aliphatic rings. The van der Waals surface area contributed by atoms with Gasteiger partial charge in [-0.05, 0) is 49.2 Å². The van der Waals surface area contributed by atoms with Crippen molar-refractivity contribution >= 4 is 28.2 Å². The fourth-order valence-corrected chi connectivity index (χ4v) is 2.80. The molecular formula is C18H17ClN2. The minimum atomic E-state index is 0.229. The van der Waals surface area contributed by atoms with E-state index in [1.54, 1.807) is 0 Å². The number of hydrogen-bond donors (Lipinski definition) is 1. The highest BCUT2D eigenvalue weighted by atomic mass is 35.5. The van der Waals surface area contributed by atoms with E-state index in [4.69, 9.17) is 11.6 Å². The van der Waals surface area contributed by atoms with Gasteiger partial charge < -0.3 is 5.32 Å². The molecule has 0 saturated heterocycles. The Kier molecular flexibility index (Phi) is 3.80. The zero-order valence-corrected chi connectivity index (χ0v) is 12.9. The fourth-order valence-electron chi connectivity index (χ4n) is 2.63. The summed E-state index contributed by atoms with van der Waals surface area (Å²) in [7, 11) is 0. The number of anilines is 1. The monoisotopic (exact) mass is 296 g/mol. The number of hydrogen-bond acceptors (Lipinski definition) is 2. The zero-order valence-electron chi connectivity index (χ0n) is 12.1. The van der Waals surface area contributed by atoms with Crippen molar-refractivity contribution in [2.75, 3.05) is 5.32 Å². The second-order valence-electron chi connectivity index (χ2n) is 5.24. The first-order valence-electron chi connectivity index (χ1n) is 7.01. The lowest BCUT2D eigenvalue weighted by Crippen LogP contribution is -2.08. The van der Waals surface area contributed by atoms with Gasteiger partial charge in [-0.2, -0.15) is 0 Å². The molecule has 1 unspecified atom stereocenters. The van der Waals surface area contributed by atoms with Crippen LogP contribution in [0.4, 0.5) is 5.69 Å². The minimum absolute atomic E-state index is 0.229. The first kappa shape index (κ1) is 13.9. The fraction of sp³-hybridized carbons (Fsp3) is 0.167. The third-order valence-corrected chi connectivity index (χ3v) is 3.97. The van der Waals surface area contributed by atoms with Gasteiger partial charge in [0.05, 0.1) is 5.52 Å². The van der Waals surface area contributed by atoms with Gasteiger partial charge in [0.1, 0.15) is 0 Å². The van der Waals surface area contributed by atoms with Crippen molar-refractivity contribution in [1.29, 1.82) is 0 Å². The van der Waals surface area contributed by atoms with Crippen LogP contribution >= 0.6 is 11.6 Å². The molecule has 1 heterocycles. The number of nitrogens with zero attached hydrogens (tertiary/aromatic N) is 1. The van der Waals surface area contributed by atoms with E-state index < -0.39 is 0 Å². The molecule has 0 aliphatic carbocycles. The molecule has 0 radical (unpaired) electrons. The van der Waals surface area contributed by atoms with Crippen molar-refractivity contribution in [2.45, 2.75) is 19.9 Å². The van der Waals surface area contributed by atoms with Crippen molar-refractivity contribution in [3.63, 3.8) is 0 Å². The van der Waals surface area contributed by atoms with Crippen molar-refractivity contribution in [2.24, 2.45) is 0 Å². The molecular weight excluding hydrogens is 280 g/mol. The Morgan fingerprint density at radius 3 is 2.71 bits per heavy atom. The topological polar surface area (TPSA) is 24.9 Å². The average molecular weight is 297 g/mol. The summed E-state index contributed by atoms with van der Waals surface area (Å²) in [5.74, 6) is 0. The molecule has 1 atom stereocenters. The number of aromatic nitrogens is 1. The predicted octanol–water partition coefficient (Wildman–Crippen LogP) is 5.37. The van der Waals surface area contributed by atoms with Crippen LogP contribution < -0.4 is 5.32 Å². The summed E-state index contributed by atoms with van der Waals surface area (Å²) in [6.45, 7) is 4.31. The second-order valence-corrected chi connectivity index (χ2v) is 5.68. The molecule has 0 fully saturated rings. The maximum absolute atomic E-state index is 6.03. The largest absolute Gasteiger partial charge is 0.378 e. The molecule has 1 N–H and O–H groups in total. The van der Waals surface area contributed by atoms with Crippen LogP contribution in [0.2, 0.25) is 5.02 Å². The minimum Gasteiger partial charge on any atom is -0.378 e. The Balaban J connectivity index is 1.97. The summed E-state index contributed by atoms with van der Waals surface area (Å²) in [4.78, 5) is 4.38. The lowest BCUT2D eigenvalue weighted by atomic mass is 10.0. The number of pyridine rings is 1. The molecule has 1 aromatic heterocycles. The number of benzene rings is 2. The normalized spacial score (nSPS) is 12.3. The molecule has 0 spiro atoms. The molecule has 2 aromatic carbocycles. The van der Waals surface area contributed by atoms with E-state index in [1.807, 2.05) is 30.5 Å². The first-order chi connectivity index (χ1) is 10.1. The number of rotatable bonds is 3. The molecule has 0 aliphatic heterocycles. The molecule has 106 valence electrons. The SMILES string of the molecule is Cc1ccccc1C(C)Nc1ccnc2cc(Cl)ccc12. The molecule has 0 amide bonds. The van der Waals surface area contributed by atoms with Crippen LogP contribution in [0.5, 0.6) is 0 Å². The van der Waals surface area contributed by atoms with Gasteiger partial charge >= 0.3 is 0 Å². The number of fused-ring (bicyclic) bond motifs is 1. The van der Waals surface area contributed by atoms with Gasteiger partial charge in [0.15, 0.2) is 0 Å². The third-order valence-electron chi connectivity index (χ3n) is 3.73. The molecule has 3 heteroatoms. The Labute approximate surface area is 129 Å². The van der Waals surface area contributed by atoms with Gasteiger partial charge in [-0.1, -0.05) is 35.9 Å². The Morgan fingerprint density at radius 1 is 1.10 bits per heavy atom. The summed E-state index contributed by atoms with van der Waals surface area (Å²) < 4.78 is 0. The molecule has 21 heavy (non-hydrogen) atoms. The molecule has 0 saturated carbocycles. The summed E-state index contributed by atoms with van der Waals surface area (Å²) in [5.41, 5.74) is 4.58. The maximum Gasteiger partial charge on any atom is 0.0737 e. The standard InChI is InChI=1S/C18H17ClN2/c1-12-5-3-4-6-15(12)13(2)21-17-9-10-20-18-11-14(19)7-8-16(17)18/h3-11,13H,1-2H3,(H,20,21). The van der Waals surface area contributed by atoms with Crippen LogP contribution in [-0.2, 0) is 0 Å². The van der Waals surface area contributed by atoms with Gasteiger partial charge in [-0.15, -0.1) is 0 Å². The zero-order chi connectivity index (χ0) is 14.8. The number of nitrogens with one attached hydrogen (secondary N) is 1. The average Bonchev–Trinajstić information content (AvgIpc) is 2.47. The first-order valence-corrected chi connectivity index (χ1v) is 7.39. The van der Waals surface area contributed by atoms with Gasteiger partial charge in [0.2, 0.25) is 0 Å². The smallest absolute Gasteiger partial charge is 0.0737 e. The molecule has 2 nitrogen and oxygen atoms in total. The number of aryl methyl sites for hydroxylation is 1. The van der Waals surface area contributed by atoms with E-state index in [0.29, 0.717) is 5.02 Å². The van der Waals surface area contributed by atoms with Gasteiger partial charge in [0.25, 0.3) is 0 Å². The van der Waals surface area contributed by atoms with Gasteiger partial charge in [-0.25, -0.2) is 0 Å². The van der Waals surface area contributed by atoms with E-state index in [-0.39, 0.29) is 6.04 Å². The van der Waals surface area contributed by atoms with Crippen LogP contribution in [0.25, 0.3) is 10.9 Å². The summed E-state index contributed by atoms with van der Waals surface area (Å²) >= 11 is 6.03. The van der Waals surface area contributed by atoms with E-state index in [0.717, 1.165) is 16.6 Å². The molecule has 0 bridgehead atoms. The molecule has 3 rings (SSSR count). The van der Waals surface area contributed by atoms with Crippen LogP contribution in [0.1, 0.15) is 24.1 Å². The highest BCUT2D eigenvalue weighted by molar-refractivity contribution is 6.31. The van der Waals surface area contributed by atoms with Crippen LogP contribution in [0.15, 0.2) is 54.7 Å². The van der Waals surface area contributed by atoms with E-state index in [1.165, 1.54) is 11.1 Å². The second kappa shape index (κ2) is 5.74. The highest BCUT2D eigenvalue weighted by Crippen LogP contribution is 2.28. The number of halogens is 1. The van der Waals surface area contributed by atoms with Crippen LogP contribution in [0, 0.1) is 6.92 Å². The third kappa shape index (κ3) is 2.86.